The highest BCUT2D eigenvalue weighted by molar-refractivity contribution is 5.91. The molecule has 0 spiro atoms. The molecule has 0 aliphatic rings. The van der Waals surface area contributed by atoms with Crippen molar-refractivity contribution in [1.82, 2.24) is 5.32 Å². The maximum absolute atomic E-state index is 11.8. The minimum absolute atomic E-state index is 0.0215. The molecule has 3 heteroatoms. The van der Waals surface area contributed by atoms with E-state index >= 15 is 0 Å². The van der Waals surface area contributed by atoms with Crippen LogP contribution in [0.25, 0.3) is 6.08 Å². The molecule has 140 valence electrons. The molecule has 0 saturated heterocycles. The minimum Gasteiger partial charge on any atom is -0.497 e. The van der Waals surface area contributed by atoms with Crippen LogP contribution in [0, 0.1) is 0 Å². The van der Waals surface area contributed by atoms with Gasteiger partial charge in [0, 0.05) is 12.6 Å². The van der Waals surface area contributed by atoms with Crippen molar-refractivity contribution >= 4 is 12.0 Å². The van der Waals surface area contributed by atoms with Crippen LogP contribution in [0.1, 0.15) is 76.7 Å². The van der Waals surface area contributed by atoms with Crippen molar-refractivity contribution in [2.75, 3.05) is 13.7 Å². The Bertz CT molecular complexity index is 479. The molecule has 0 atom stereocenters. The maximum Gasteiger partial charge on any atom is 0.243 e. The molecular formula is C22H35NO2. The van der Waals surface area contributed by atoms with Crippen molar-refractivity contribution in [2.45, 2.75) is 71.1 Å². The second-order valence-electron chi connectivity index (χ2n) is 6.58. The number of nitrogens with one attached hydrogen (secondary N) is 1. The molecule has 0 saturated carbocycles. The van der Waals surface area contributed by atoms with Crippen LogP contribution in [0.5, 0.6) is 5.75 Å². The SMILES string of the molecule is CCCCCCCCCCCCNC(=O)/C=C/c1ccc(OC)cc1. The van der Waals surface area contributed by atoms with Crippen molar-refractivity contribution in [2.24, 2.45) is 0 Å². The van der Waals surface area contributed by atoms with Crippen LogP contribution in [-0.2, 0) is 4.79 Å². The Morgan fingerprint density at radius 1 is 0.920 bits per heavy atom. The number of hydrogen-bond acceptors (Lipinski definition) is 2. The number of benzene rings is 1. The fourth-order valence-electron chi connectivity index (χ4n) is 2.77. The summed E-state index contributed by atoms with van der Waals surface area (Å²) in [6.07, 6.45) is 16.5. The Hall–Kier alpha value is -1.77. The van der Waals surface area contributed by atoms with E-state index < -0.39 is 0 Å². The predicted octanol–water partition coefficient (Wildman–Crippen LogP) is 5.75. The predicted molar refractivity (Wildman–Crippen MR) is 107 cm³/mol. The molecule has 1 N–H and O–H groups in total. The first-order valence-corrected chi connectivity index (χ1v) is 9.86. The van der Waals surface area contributed by atoms with Crippen molar-refractivity contribution < 1.29 is 9.53 Å². The highest BCUT2D eigenvalue weighted by Crippen LogP contribution is 2.12. The van der Waals surface area contributed by atoms with Gasteiger partial charge in [0.15, 0.2) is 0 Å². The first-order chi connectivity index (χ1) is 12.3. The van der Waals surface area contributed by atoms with E-state index in [1.54, 1.807) is 13.2 Å². The summed E-state index contributed by atoms with van der Waals surface area (Å²) in [6.45, 7) is 3.02. The standard InChI is InChI=1S/C22H35NO2/c1-3-4-5-6-7-8-9-10-11-12-19-23-22(24)18-15-20-13-16-21(25-2)17-14-20/h13-18H,3-12,19H2,1-2H3,(H,23,24)/b18-15+. The van der Waals surface area contributed by atoms with Gasteiger partial charge < -0.3 is 10.1 Å². The van der Waals surface area contributed by atoms with E-state index in [9.17, 15) is 4.79 Å². The van der Waals surface area contributed by atoms with Gasteiger partial charge in [-0.25, -0.2) is 0 Å². The summed E-state index contributed by atoms with van der Waals surface area (Å²) >= 11 is 0. The van der Waals surface area contributed by atoms with Gasteiger partial charge in [-0.05, 0) is 30.2 Å². The van der Waals surface area contributed by atoms with E-state index in [0.717, 1.165) is 24.3 Å². The molecule has 1 rings (SSSR count). The topological polar surface area (TPSA) is 38.3 Å². The normalized spacial score (nSPS) is 11.0. The molecule has 1 aromatic rings. The van der Waals surface area contributed by atoms with Crippen LogP contribution in [0.3, 0.4) is 0 Å². The zero-order valence-electron chi connectivity index (χ0n) is 16.1. The number of rotatable bonds is 14. The number of hydrogen-bond donors (Lipinski definition) is 1. The van der Waals surface area contributed by atoms with E-state index in [4.69, 9.17) is 4.74 Å². The lowest BCUT2D eigenvalue weighted by Crippen LogP contribution is -2.21. The second-order valence-corrected chi connectivity index (χ2v) is 6.58. The smallest absolute Gasteiger partial charge is 0.243 e. The van der Waals surface area contributed by atoms with Gasteiger partial charge in [-0.2, -0.15) is 0 Å². The van der Waals surface area contributed by atoms with Gasteiger partial charge in [0.2, 0.25) is 5.91 Å². The zero-order valence-corrected chi connectivity index (χ0v) is 16.1. The third-order valence-electron chi connectivity index (χ3n) is 4.37. The number of amides is 1. The summed E-state index contributed by atoms with van der Waals surface area (Å²) in [5.41, 5.74) is 0.995. The molecule has 0 unspecified atom stereocenters. The van der Waals surface area contributed by atoms with Gasteiger partial charge >= 0.3 is 0 Å². The second kappa shape index (κ2) is 14.6. The Balaban J connectivity index is 1.98. The first kappa shape index (κ1) is 21.3. The lowest BCUT2D eigenvalue weighted by atomic mass is 10.1. The highest BCUT2D eigenvalue weighted by atomic mass is 16.5. The van der Waals surface area contributed by atoms with E-state index in [1.165, 1.54) is 57.8 Å². The molecule has 1 amide bonds. The van der Waals surface area contributed by atoms with E-state index in [2.05, 4.69) is 12.2 Å². The quantitative estimate of drug-likeness (QED) is 0.344. The molecular weight excluding hydrogens is 310 g/mol. The number of carbonyl (C=O) groups is 1. The number of ether oxygens (including phenoxy) is 1. The molecule has 0 aliphatic heterocycles. The summed E-state index contributed by atoms with van der Waals surface area (Å²) in [5, 5.41) is 2.95. The summed E-state index contributed by atoms with van der Waals surface area (Å²) < 4.78 is 5.11. The van der Waals surface area contributed by atoms with Crippen molar-refractivity contribution in [1.29, 1.82) is 0 Å². The third kappa shape index (κ3) is 11.4. The van der Waals surface area contributed by atoms with Gasteiger partial charge in [0.25, 0.3) is 0 Å². The molecule has 0 aliphatic carbocycles. The van der Waals surface area contributed by atoms with Crippen molar-refractivity contribution in [3.8, 4) is 5.75 Å². The third-order valence-corrected chi connectivity index (χ3v) is 4.37. The average Bonchev–Trinajstić information content (AvgIpc) is 2.65. The number of carbonyl (C=O) groups excluding carboxylic acids is 1. The summed E-state index contributed by atoms with van der Waals surface area (Å²) in [5.74, 6) is 0.800. The Morgan fingerprint density at radius 2 is 1.48 bits per heavy atom. The largest absolute Gasteiger partial charge is 0.497 e. The van der Waals surface area contributed by atoms with Crippen LogP contribution < -0.4 is 10.1 Å². The van der Waals surface area contributed by atoms with Gasteiger partial charge in [0.1, 0.15) is 5.75 Å². The lowest BCUT2D eigenvalue weighted by Gasteiger charge is -2.03. The molecule has 0 bridgehead atoms. The summed E-state index contributed by atoms with van der Waals surface area (Å²) in [4.78, 5) is 11.8. The molecule has 25 heavy (non-hydrogen) atoms. The summed E-state index contributed by atoms with van der Waals surface area (Å²) in [7, 11) is 1.64. The van der Waals surface area contributed by atoms with Crippen LogP contribution in [-0.4, -0.2) is 19.6 Å². The van der Waals surface area contributed by atoms with Crippen molar-refractivity contribution in [3.05, 3.63) is 35.9 Å². The molecule has 1 aromatic carbocycles. The molecule has 3 nitrogen and oxygen atoms in total. The number of unbranched alkanes of at least 4 members (excludes halogenated alkanes) is 9. The van der Waals surface area contributed by atoms with Gasteiger partial charge in [-0.3, -0.25) is 4.79 Å². The fraction of sp³-hybridized carbons (Fsp3) is 0.591. The molecule has 0 heterocycles. The monoisotopic (exact) mass is 345 g/mol. The lowest BCUT2D eigenvalue weighted by molar-refractivity contribution is -0.116. The average molecular weight is 346 g/mol. The zero-order chi connectivity index (χ0) is 18.2. The first-order valence-electron chi connectivity index (χ1n) is 9.86. The van der Waals surface area contributed by atoms with Gasteiger partial charge in [-0.1, -0.05) is 76.8 Å². The highest BCUT2D eigenvalue weighted by Gasteiger charge is 1.96. The Labute approximate surface area is 153 Å². The Morgan fingerprint density at radius 3 is 2.04 bits per heavy atom. The minimum atomic E-state index is -0.0215. The fourth-order valence-corrected chi connectivity index (χ4v) is 2.77. The summed E-state index contributed by atoms with van der Waals surface area (Å²) in [6, 6.07) is 7.65. The van der Waals surface area contributed by atoms with E-state index in [1.807, 2.05) is 30.3 Å². The van der Waals surface area contributed by atoms with Gasteiger partial charge in [-0.15, -0.1) is 0 Å². The van der Waals surface area contributed by atoms with Crippen molar-refractivity contribution in [3.63, 3.8) is 0 Å². The van der Waals surface area contributed by atoms with Crippen LogP contribution in [0.15, 0.2) is 30.3 Å². The van der Waals surface area contributed by atoms with Gasteiger partial charge in [0.05, 0.1) is 7.11 Å². The van der Waals surface area contributed by atoms with E-state index in [-0.39, 0.29) is 5.91 Å². The molecule has 0 radical (unpaired) electrons. The molecule has 0 fully saturated rings. The van der Waals surface area contributed by atoms with Crippen LogP contribution in [0.4, 0.5) is 0 Å². The molecule has 0 aromatic heterocycles. The van der Waals surface area contributed by atoms with Crippen LogP contribution in [0.2, 0.25) is 0 Å². The number of methoxy groups -OCH3 is 1. The Kier molecular flexibility index (Phi) is 12.4. The van der Waals surface area contributed by atoms with E-state index in [0.29, 0.717) is 0 Å². The van der Waals surface area contributed by atoms with Crippen LogP contribution >= 0.6 is 0 Å². The maximum atomic E-state index is 11.8.